The largest absolute Gasteiger partial charge is 0.486 e. The summed E-state index contributed by atoms with van der Waals surface area (Å²) in [5.41, 5.74) is 2.34. The van der Waals surface area contributed by atoms with Crippen LogP contribution in [0.5, 0.6) is 5.75 Å². The zero-order chi connectivity index (χ0) is 13.1. The van der Waals surface area contributed by atoms with E-state index in [4.69, 9.17) is 14.3 Å². The first kappa shape index (κ1) is 12.2. The highest BCUT2D eigenvalue weighted by Crippen LogP contribution is 2.19. The summed E-state index contributed by atoms with van der Waals surface area (Å²) in [6.07, 6.45) is 1.35. The summed E-state index contributed by atoms with van der Waals surface area (Å²) < 4.78 is 10.6. The molecule has 0 aliphatic rings. The van der Waals surface area contributed by atoms with Crippen molar-refractivity contribution in [3.05, 3.63) is 53.0 Å². The highest BCUT2D eigenvalue weighted by molar-refractivity contribution is 5.88. The molecule has 0 saturated heterocycles. The number of aryl methyl sites for hydroxylation is 2. The standard InChI is InChI=1S/C14H14O4/c1-9-5-10(2)7-11(6-9)18-8-13-12(14(15)16)3-4-17-13/h3-7H,8H2,1-2H3,(H,15,16). The molecular weight excluding hydrogens is 232 g/mol. The van der Waals surface area contributed by atoms with Gasteiger partial charge in [-0.25, -0.2) is 4.79 Å². The lowest BCUT2D eigenvalue weighted by molar-refractivity contribution is 0.0692. The van der Waals surface area contributed by atoms with Crippen molar-refractivity contribution in [3.8, 4) is 5.75 Å². The average Bonchev–Trinajstić information content (AvgIpc) is 2.73. The first-order valence-corrected chi connectivity index (χ1v) is 5.57. The van der Waals surface area contributed by atoms with E-state index in [1.54, 1.807) is 0 Å². The van der Waals surface area contributed by atoms with Crippen LogP contribution < -0.4 is 4.74 Å². The van der Waals surface area contributed by atoms with E-state index in [0.717, 1.165) is 11.1 Å². The molecule has 0 amide bonds. The van der Waals surface area contributed by atoms with Gasteiger partial charge >= 0.3 is 5.97 Å². The number of hydrogen-bond acceptors (Lipinski definition) is 3. The molecule has 2 aromatic rings. The van der Waals surface area contributed by atoms with Crippen LogP contribution in [0.2, 0.25) is 0 Å². The van der Waals surface area contributed by atoms with E-state index in [9.17, 15) is 4.79 Å². The Morgan fingerprint density at radius 3 is 2.56 bits per heavy atom. The summed E-state index contributed by atoms with van der Waals surface area (Å²) in [4.78, 5) is 10.9. The molecule has 1 N–H and O–H groups in total. The van der Waals surface area contributed by atoms with Crippen LogP contribution in [-0.2, 0) is 6.61 Å². The Labute approximate surface area is 105 Å². The van der Waals surface area contributed by atoms with Crippen molar-refractivity contribution in [2.45, 2.75) is 20.5 Å². The van der Waals surface area contributed by atoms with Crippen LogP contribution in [0.3, 0.4) is 0 Å². The van der Waals surface area contributed by atoms with Gasteiger partial charge in [-0.3, -0.25) is 0 Å². The first-order valence-electron chi connectivity index (χ1n) is 5.57. The van der Waals surface area contributed by atoms with Gasteiger partial charge in [0.15, 0.2) is 5.76 Å². The van der Waals surface area contributed by atoms with E-state index in [-0.39, 0.29) is 12.2 Å². The van der Waals surface area contributed by atoms with Crippen molar-refractivity contribution in [1.82, 2.24) is 0 Å². The van der Waals surface area contributed by atoms with Crippen molar-refractivity contribution in [3.63, 3.8) is 0 Å². The second kappa shape index (κ2) is 4.96. The molecule has 4 heteroatoms. The highest BCUT2D eigenvalue weighted by Gasteiger charge is 2.13. The second-order valence-electron chi connectivity index (χ2n) is 4.17. The lowest BCUT2D eigenvalue weighted by Crippen LogP contribution is -2.02. The van der Waals surface area contributed by atoms with E-state index < -0.39 is 5.97 Å². The summed E-state index contributed by atoms with van der Waals surface area (Å²) in [6.45, 7) is 4.07. The Kier molecular flexibility index (Phi) is 3.37. The summed E-state index contributed by atoms with van der Waals surface area (Å²) in [6, 6.07) is 7.26. The third kappa shape index (κ3) is 2.71. The van der Waals surface area contributed by atoms with E-state index in [1.165, 1.54) is 12.3 Å². The van der Waals surface area contributed by atoms with Gasteiger partial charge in [-0.15, -0.1) is 0 Å². The van der Waals surface area contributed by atoms with E-state index in [1.807, 2.05) is 32.0 Å². The van der Waals surface area contributed by atoms with Crippen molar-refractivity contribution in [2.24, 2.45) is 0 Å². The zero-order valence-electron chi connectivity index (χ0n) is 10.3. The molecule has 1 aromatic heterocycles. The maximum Gasteiger partial charge on any atom is 0.339 e. The van der Waals surface area contributed by atoms with Crippen LogP contribution in [-0.4, -0.2) is 11.1 Å². The van der Waals surface area contributed by atoms with Crippen LogP contribution >= 0.6 is 0 Å². The number of aromatic carboxylic acids is 1. The molecule has 2 rings (SSSR count). The molecule has 0 aliphatic carbocycles. The smallest absolute Gasteiger partial charge is 0.339 e. The molecule has 0 bridgehead atoms. The number of rotatable bonds is 4. The van der Waals surface area contributed by atoms with Gasteiger partial charge in [0.2, 0.25) is 0 Å². The van der Waals surface area contributed by atoms with Crippen molar-refractivity contribution < 1.29 is 19.1 Å². The molecule has 0 unspecified atom stereocenters. The van der Waals surface area contributed by atoms with Crippen LogP contribution in [0.25, 0.3) is 0 Å². The summed E-state index contributed by atoms with van der Waals surface area (Å²) in [5.74, 6) is 0.0182. The Morgan fingerprint density at radius 1 is 1.28 bits per heavy atom. The fourth-order valence-electron chi connectivity index (χ4n) is 1.81. The first-order chi connectivity index (χ1) is 8.56. The van der Waals surface area contributed by atoms with Gasteiger partial charge < -0.3 is 14.3 Å². The molecule has 0 saturated carbocycles. The molecule has 0 atom stereocenters. The third-order valence-corrected chi connectivity index (χ3v) is 2.54. The van der Waals surface area contributed by atoms with Crippen molar-refractivity contribution >= 4 is 5.97 Å². The third-order valence-electron chi connectivity index (χ3n) is 2.54. The normalized spacial score (nSPS) is 10.3. The minimum atomic E-state index is -1.01. The SMILES string of the molecule is Cc1cc(C)cc(OCc2occc2C(=O)O)c1. The lowest BCUT2D eigenvalue weighted by Gasteiger charge is -2.07. The Morgan fingerprint density at radius 2 is 1.94 bits per heavy atom. The van der Waals surface area contributed by atoms with Gasteiger partial charge in [0.1, 0.15) is 17.9 Å². The molecule has 0 radical (unpaired) electrons. The Hall–Kier alpha value is -2.23. The van der Waals surface area contributed by atoms with E-state index in [2.05, 4.69) is 0 Å². The topological polar surface area (TPSA) is 59.7 Å². The Bertz CT molecular complexity index is 549. The second-order valence-corrected chi connectivity index (χ2v) is 4.17. The maximum absolute atomic E-state index is 10.9. The van der Waals surface area contributed by atoms with E-state index >= 15 is 0 Å². The molecule has 18 heavy (non-hydrogen) atoms. The maximum atomic E-state index is 10.9. The number of carboxylic acid groups (broad SMARTS) is 1. The van der Waals surface area contributed by atoms with Crippen LogP contribution in [0.15, 0.2) is 34.9 Å². The molecule has 4 nitrogen and oxygen atoms in total. The molecule has 0 spiro atoms. The summed E-state index contributed by atoms with van der Waals surface area (Å²) in [7, 11) is 0. The average molecular weight is 246 g/mol. The van der Waals surface area contributed by atoms with Gasteiger partial charge in [-0.1, -0.05) is 6.07 Å². The van der Waals surface area contributed by atoms with Crippen molar-refractivity contribution in [2.75, 3.05) is 0 Å². The predicted octanol–water partition coefficient (Wildman–Crippen LogP) is 3.17. The van der Waals surface area contributed by atoms with Gasteiger partial charge in [0, 0.05) is 0 Å². The number of carboxylic acids is 1. The van der Waals surface area contributed by atoms with Crippen molar-refractivity contribution in [1.29, 1.82) is 0 Å². The Balaban J connectivity index is 2.11. The minimum Gasteiger partial charge on any atom is -0.486 e. The van der Waals surface area contributed by atoms with Gasteiger partial charge in [-0.2, -0.15) is 0 Å². The number of hydrogen-bond donors (Lipinski definition) is 1. The van der Waals surface area contributed by atoms with Gasteiger partial charge in [-0.05, 0) is 43.2 Å². The van der Waals surface area contributed by atoms with Crippen LogP contribution in [0.4, 0.5) is 0 Å². The molecule has 1 heterocycles. The lowest BCUT2D eigenvalue weighted by atomic mass is 10.1. The number of benzene rings is 1. The molecule has 0 aliphatic heterocycles. The molecule has 0 fully saturated rings. The van der Waals surface area contributed by atoms with Gasteiger partial charge in [0.05, 0.1) is 6.26 Å². The minimum absolute atomic E-state index is 0.109. The summed E-state index contributed by atoms with van der Waals surface area (Å²) in [5, 5.41) is 8.92. The van der Waals surface area contributed by atoms with Gasteiger partial charge in [0.25, 0.3) is 0 Å². The quantitative estimate of drug-likeness (QED) is 0.900. The fourth-order valence-corrected chi connectivity index (χ4v) is 1.81. The summed E-state index contributed by atoms with van der Waals surface area (Å²) >= 11 is 0. The number of ether oxygens (including phenoxy) is 1. The monoisotopic (exact) mass is 246 g/mol. The predicted molar refractivity (Wildman–Crippen MR) is 65.9 cm³/mol. The fraction of sp³-hybridized carbons (Fsp3) is 0.214. The van der Waals surface area contributed by atoms with Crippen LogP contribution in [0.1, 0.15) is 27.2 Å². The highest BCUT2D eigenvalue weighted by atomic mass is 16.5. The molecule has 94 valence electrons. The zero-order valence-corrected chi connectivity index (χ0v) is 10.3. The van der Waals surface area contributed by atoms with Crippen LogP contribution in [0, 0.1) is 13.8 Å². The molecular formula is C14H14O4. The molecule has 1 aromatic carbocycles. The number of furan rings is 1. The van der Waals surface area contributed by atoms with E-state index in [0.29, 0.717) is 11.5 Å². The number of carbonyl (C=O) groups is 1.